The van der Waals surface area contributed by atoms with E-state index >= 15 is 0 Å². The number of ether oxygens (including phenoxy) is 3. The molecule has 72 heavy (non-hydrogen) atoms. The second kappa shape index (κ2) is 61.7. The maximum absolute atomic E-state index is 12.9. The quantitative estimate of drug-likeness (QED) is 0.0261. The van der Waals surface area contributed by atoms with Gasteiger partial charge in [0.1, 0.15) is 13.2 Å². The van der Waals surface area contributed by atoms with Crippen LogP contribution in [0.25, 0.3) is 0 Å². The number of allylic oxidation sites excluding steroid dienone is 2. The van der Waals surface area contributed by atoms with Crippen LogP contribution >= 0.6 is 0 Å². The van der Waals surface area contributed by atoms with Crippen LogP contribution in [0.3, 0.4) is 0 Å². The average molecular weight is 1020 g/mol. The summed E-state index contributed by atoms with van der Waals surface area (Å²) >= 11 is 0. The largest absolute Gasteiger partial charge is 0.462 e. The Hall–Kier alpha value is -1.85. The van der Waals surface area contributed by atoms with Crippen molar-refractivity contribution in [1.29, 1.82) is 0 Å². The van der Waals surface area contributed by atoms with E-state index in [9.17, 15) is 14.4 Å². The fourth-order valence-electron chi connectivity index (χ4n) is 10.1. The Labute approximate surface area is 450 Å². The molecule has 1 atom stereocenters. The van der Waals surface area contributed by atoms with Crippen LogP contribution in [-0.4, -0.2) is 37.2 Å². The summed E-state index contributed by atoms with van der Waals surface area (Å²) in [5, 5.41) is 0. The molecule has 426 valence electrons. The highest BCUT2D eigenvalue weighted by Gasteiger charge is 2.19. The fraction of sp³-hybridized carbons (Fsp3) is 0.924. The molecule has 0 rings (SSSR count). The van der Waals surface area contributed by atoms with Gasteiger partial charge in [0.05, 0.1) is 0 Å². The molecule has 0 fully saturated rings. The molecular formula is C66H126O6. The first-order chi connectivity index (χ1) is 35.5. The Morgan fingerprint density at radius 3 is 0.750 bits per heavy atom. The second-order valence-electron chi connectivity index (χ2n) is 22.4. The van der Waals surface area contributed by atoms with Gasteiger partial charge in [-0.1, -0.05) is 328 Å². The monoisotopic (exact) mass is 1010 g/mol. The summed E-state index contributed by atoms with van der Waals surface area (Å²) in [6, 6.07) is 0. The van der Waals surface area contributed by atoms with Crippen molar-refractivity contribution >= 4 is 17.9 Å². The maximum Gasteiger partial charge on any atom is 0.306 e. The smallest absolute Gasteiger partial charge is 0.306 e. The van der Waals surface area contributed by atoms with E-state index in [-0.39, 0.29) is 31.1 Å². The van der Waals surface area contributed by atoms with Crippen molar-refractivity contribution in [2.75, 3.05) is 13.2 Å². The standard InChI is InChI=1S/C66H126O6/c1-4-7-10-13-16-19-22-24-26-28-30-31-32-33-34-35-37-38-40-42-44-47-50-53-56-59-65(68)71-62-63(61-70-64(67)58-55-52-49-46-21-18-15-12-9-6-3)72-66(69)60-57-54-51-48-45-43-41-39-36-29-27-25-23-20-17-14-11-8-5-2/h12,15,63H,4-11,13-14,16-62H2,1-3H3/b15-12-. The van der Waals surface area contributed by atoms with Crippen LogP contribution in [0.4, 0.5) is 0 Å². The van der Waals surface area contributed by atoms with Gasteiger partial charge < -0.3 is 14.2 Å². The lowest BCUT2D eigenvalue weighted by Crippen LogP contribution is -2.30. The summed E-state index contributed by atoms with van der Waals surface area (Å²) in [7, 11) is 0. The zero-order valence-corrected chi connectivity index (χ0v) is 49.0. The van der Waals surface area contributed by atoms with Crippen molar-refractivity contribution in [3.8, 4) is 0 Å². The molecule has 0 aromatic carbocycles. The Kier molecular flexibility index (Phi) is 60.1. The highest BCUT2D eigenvalue weighted by atomic mass is 16.6. The molecule has 6 nitrogen and oxygen atoms in total. The van der Waals surface area contributed by atoms with Crippen molar-refractivity contribution in [3.63, 3.8) is 0 Å². The van der Waals surface area contributed by atoms with Gasteiger partial charge in [0, 0.05) is 19.3 Å². The first-order valence-electron chi connectivity index (χ1n) is 32.7. The van der Waals surface area contributed by atoms with Crippen molar-refractivity contribution in [2.24, 2.45) is 0 Å². The van der Waals surface area contributed by atoms with E-state index in [1.165, 1.54) is 263 Å². The number of unbranched alkanes of at least 4 members (excludes halogenated alkanes) is 48. The third kappa shape index (κ3) is 59.0. The van der Waals surface area contributed by atoms with Crippen molar-refractivity contribution < 1.29 is 28.6 Å². The van der Waals surface area contributed by atoms with E-state index in [4.69, 9.17) is 14.2 Å². The van der Waals surface area contributed by atoms with E-state index in [1.54, 1.807) is 0 Å². The SMILES string of the molecule is CCC/C=C\CCCCCCCC(=O)OCC(COC(=O)CCCCCCCCCCCCCCCCCCCCCCCCCCC)OC(=O)CCCCCCCCCCCCCCCCCCCCC. The van der Waals surface area contributed by atoms with Crippen molar-refractivity contribution in [2.45, 2.75) is 380 Å². The van der Waals surface area contributed by atoms with Gasteiger partial charge in [0.15, 0.2) is 6.10 Å². The number of carbonyl (C=O) groups excluding carboxylic acids is 3. The molecule has 0 aromatic rings. The number of rotatable bonds is 61. The Balaban J connectivity index is 4.14. The summed E-state index contributed by atoms with van der Waals surface area (Å²) in [5.74, 6) is -0.848. The van der Waals surface area contributed by atoms with E-state index < -0.39 is 6.10 Å². The van der Waals surface area contributed by atoms with Gasteiger partial charge in [-0.15, -0.1) is 0 Å². The third-order valence-corrected chi connectivity index (χ3v) is 15.0. The summed E-state index contributed by atoms with van der Waals surface area (Å²) in [4.78, 5) is 38.2. The maximum atomic E-state index is 12.9. The Bertz CT molecular complexity index is 1120. The normalized spacial score (nSPS) is 12.0. The molecule has 0 saturated carbocycles. The molecule has 0 aliphatic rings. The van der Waals surface area contributed by atoms with Crippen LogP contribution in [0.1, 0.15) is 374 Å². The zero-order valence-electron chi connectivity index (χ0n) is 49.0. The van der Waals surface area contributed by atoms with E-state index in [1.807, 2.05) is 0 Å². The van der Waals surface area contributed by atoms with Crippen LogP contribution in [0.15, 0.2) is 12.2 Å². The van der Waals surface area contributed by atoms with Gasteiger partial charge in [-0.25, -0.2) is 0 Å². The van der Waals surface area contributed by atoms with Crippen LogP contribution in [0.5, 0.6) is 0 Å². The lowest BCUT2D eigenvalue weighted by atomic mass is 10.0. The molecule has 0 amide bonds. The third-order valence-electron chi connectivity index (χ3n) is 15.0. The molecule has 0 bridgehead atoms. The summed E-state index contributed by atoms with van der Waals surface area (Å²) < 4.78 is 16.9. The molecule has 1 unspecified atom stereocenters. The number of hydrogen-bond donors (Lipinski definition) is 0. The zero-order chi connectivity index (χ0) is 52.2. The van der Waals surface area contributed by atoms with Crippen LogP contribution in [-0.2, 0) is 28.6 Å². The second-order valence-corrected chi connectivity index (χ2v) is 22.4. The summed E-state index contributed by atoms with van der Waals surface area (Å²) in [6.45, 7) is 6.65. The fourth-order valence-corrected chi connectivity index (χ4v) is 10.1. The summed E-state index contributed by atoms with van der Waals surface area (Å²) in [6.07, 6.45) is 72.4. The first-order valence-corrected chi connectivity index (χ1v) is 32.7. The van der Waals surface area contributed by atoms with Crippen LogP contribution < -0.4 is 0 Å². The lowest BCUT2D eigenvalue weighted by Gasteiger charge is -2.18. The predicted octanol–water partition coefficient (Wildman–Crippen LogP) is 22.1. The number of hydrogen-bond acceptors (Lipinski definition) is 6. The molecule has 0 heterocycles. The van der Waals surface area contributed by atoms with Crippen molar-refractivity contribution in [1.82, 2.24) is 0 Å². The Morgan fingerprint density at radius 2 is 0.486 bits per heavy atom. The minimum atomic E-state index is -0.768. The molecule has 0 aromatic heterocycles. The number of carbonyl (C=O) groups is 3. The molecular weight excluding hydrogens is 889 g/mol. The molecule has 0 radical (unpaired) electrons. The predicted molar refractivity (Wildman–Crippen MR) is 312 cm³/mol. The van der Waals surface area contributed by atoms with Crippen LogP contribution in [0.2, 0.25) is 0 Å². The molecule has 0 aliphatic carbocycles. The molecule has 0 N–H and O–H groups in total. The van der Waals surface area contributed by atoms with E-state index in [0.29, 0.717) is 19.3 Å². The highest BCUT2D eigenvalue weighted by molar-refractivity contribution is 5.71. The summed E-state index contributed by atoms with van der Waals surface area (Å²) in [5.41, 5.74) is 0. The minimum absolute atomic E-state index is 0.0663. The van der Waals surface area contributed by atoms with Gasteiger partial charge >= 0.3 is 17.9 Å². The lowest BCUT2D eigenvalue weighted by molar-refractivity contribution is -0.167. The average Bonchev–Trinajstić information content (AvgIpc) is 3.38. The van der Waals surface area contributed by atoms with Gasteiger partial charge in [0.25, 0.3) is 0 Å². The number of esters is 3. The van der Waals surface area contributed by atoms with Crippen molar-refractivity contribution in [3.05, 3.63) is 12.2 Å². The Morgan fingerprint density at radius 1 is 0.264 bits per heavy atom. The van der Waals surface area contributed by atoms with Gasteiger partial charge in [-0.3, -0.25) is 14.4 Å². The molecule has 0 spiro atoms. The van der Waals surface area contributed by atoms with Gasteiger partial charge in [-0.2, -0.15) is 0 Å². The molecule has 6 heteroatoms. The molecule has 0 aliphatic heterocycles. The van der Waals surface area contributed by atoms with Gasteiger partial charge in [-0.05, 0) is 38.5 Å². The topological polar surface area (TPSA) is 78.9 Å². The first kappa shape index (κ1) is 70.1. The molecule has 0 saturated heterocycles. The van der Waals surface area contributed by atoms with Crippen LogP contribution in [0, 0.1) is 0 Å². The highest BCUT2D eigenvalue weighted by Crippen LogP contribution is 2.19. The minimum Gasteiger partial charge on any atom is -0.462 e. The van der Waals surface area contributed by atoms with Gasteiger partial charge in [0.2, 0.25) is 0 Å². The van der Waals surface area contributed by atoms with E-state index in [2.05, 4.69) is 32.9 Å². The van der Waals surface area contributed by atoms with E-state index in [0.717, 1.165) is 70.6 Å².